The minimum Gasteiger partial charge on any atom is -0.341 e. The van der Waals surface area contributed by atoms with Crippen LogP contribution >= 0.6 is 15.9 Å². The Morgan fingerprint density at radius 1 is 1.50 bits per heavy atom. The van der Waals surface area contributed by atoms with Gasteiger partial charge in [-0.3, -0.25) is 0 Å². The number of rotatable bonds is 1. The summed E-state index contributed by atoms with van der Waals surface area (Å²) >= 11 is 3.37. The van der Waals surface area contributed by atoms with Crippen molar-refractivity contribution >= 4 is 21.9 Å². The van der Waals surface area contributed by atoms with Gasteiger partial charge in [-0.2, -0.15) is 0 Å². The lowest BCUT2D eigenvalue weighted by atomic mass is 10.2. The lowest BCUT2D eigenvalue weighted by Gasteiger charge is -2.30. The van der Waals surface area contributed by atoms with Gasteiger partial charge in [0.2, 0.25) is 5.95 Å². The SMILES string of the molecule is Cc1nc(N2CCC2)ncc1Br. The van der Waals surface area contributed by atoms with Crippen molar-refractivity contribution in [1.82, 2.24) is 9.97 Å². The van der Waals surface area contributed by atoms with Gasteiger partial charge in [0, 0.05) is 19.3 Å². The van der Waals surface area contributed by atoms with E-state index in [9.17, 15) is 0 Å². The fourth-order valence-electron chi connectivity index (χ4n) is 1.11. The molecule has 3 nitrogen and oxygen atoms in total. The van der Waals surface area contributed by atoms with E-state index in [1.807, 2.05) is 13.1 Å². The van der Waals surface area contributed by atoms with Gasteiger partial charge in [-0.15, -0.1) is 0 Å². The molecule has 0 aromatic carbocycles. The topological polar surface area (TPSA) is 29.0 Å². The monoisotopic (exact) mass is 227 g/mol. The van der Waals surface area contributed by atoms with Gasteiger partial charge >= 0.3 is 0 Å². The standard InChI is InChI=1S/C8H10BrN3/c1-6-7(9)5-10-8(11-6)12-3-2-4-12/h5H,2-4H2,1H3. The van der Waals surface area contributed by atoms with Crippen molar-refractivity contribution < 1.29 is 0 Å². The van der Waals surface area contributed by atoms with Crippen LogP contribution in [0.3, 0.4) is 0 Å². The Balaban J connectivity index is 2.27. The fraction of sp³-hybridized carbons (Fsp3) is 0.500. The number of halogens is 1. The largest absolute Gasteiger partial charge is 0.341 e. The first kappa shape index (κ1) is 7.98. The van der Waals surface area contributed by atoms with Gasteiger partial charge in [0.05, 0.1) is 10.2 Å². The molecule has 12 heavy (non-hydrogen) atoms. The molecule has 2 rings (SSSR count). The molecule has 1 fully saturated rings. The minimum absolute atomic E-state index is 0.863. The second kappa shape index (κ2) is 3.01. The van der Waals surface area contributed by atoms with Gasteiger partial charge in [-0.25, -0.2) is 9.97 Å². The number of aromatic nitrogens is 2. The van der Waals surface area contributed by atoms with E-state index < -0.39 is 0 Å². The zero-order chi connectivity index (χ0) is 8.55. The van der Waals surface area contributed by atoms with E-state index in [1.165, 1.54) is 6.42 Å². The highest BCUT2D eigenvalue weighted by molar-refractivity contribution is 9.10. The normalized spacial score (nSPS) is 16.0. The van der Waals surface area contributed by atoms with Crippen LogP contribution in [0.2, 0.25) is 0 Å². The maximum absolute atomic E-state index is 4.36. The Morgan fingerprint density at radius 3 is 2.75 bits per heavy atom. The molecule has 0 spiro atoms. The molecule has 1 aliphatic heterocycles. The average molecular weight is 228 g/mol. The van der Waals surface area contributed by atoms with Crippen molar-refractivity contribution in [2.75, 3.05) is 18.0 Å². The first-order valence-electron chi connectivity index (χ1n) is 4.01. The average Bonchev–Trinajstić information content (AvgIpc) is 1.93. The Morgan fingerprint density at radius 2 is 2.25 bits per heavy atom. The highest BCUT2D eigenvalue weighted by Gasteiger charge is 2.17. The van der Waals surface area contributed by atoms with Crippen LogP contribution in [0, 0.1) is 6.92 Å². The lowest BCUT2D eigenvalue weighted by molar-refractivity contribution is 0.599. The van der Waals surface area contributed by atoms with Crippen molar-refractivity contribution in [1.29, 1.82) is 0 Å². The molecule has 0 N–H and O–H groups in total. The van der Waals surface area contributed by atoms with Crippen molar-refractivity contribution in [3.63, 3.8) is 0 Å². The van der Waals surface area contributed by atoms with E-state index in [0.717, 1.165) is 29.2 Å². The molecule has 0 bridgehead atoms. The summed E-state index contributed by atoms with van der Waals surface area (Å²) in [7, 11) is 0. The van der Waals surface area contributed by atoms with Gasteiger partial charge in [0.25, 0.3) is 0 Å². The maximum atomic E-state index is 4.36. The Kier molecular flexibility index (Phi) is 2.00. The summed E-state index contributed by atoms with van der Waals surface area (Å²) in [6, 6.07) is 0. The molecule has 2 heterocycles. The molecule has 1 aliphatic rings. The van der Waals surface area contributed by atoms with Crippen LogP contribution in [-0.2, 0) is 0 Å². The van der Waals surface area contributed by atoms with Crippen molar-refractivity contribution in [2.24, 2.45) is 0 Å². The van der Waals surface area contributed by atoms with Crippen molar-refractivity contribution in [2.45, 2.75) is 13.3 Å². The molecular formula is C8H10BrN3. The molecule has 4 heteroatoms. The minimum atomic E-state index is 0.863. The van der Waals surface area contributed by atoms with Gasteiger partial charge in [-0.1, -0.05) is 0 Å². The zero-order valence-electron chi connectivity index (χ0n) is 6.92. The summed E-state index contributed by atoms with van der Waals surface area (Å²) in [4.78, 5) is 10.8. The quantitative estimate of drug-likeness (QED) is 0.733. The summed E-state index contributed by atoms with van der Waals surface area (Å²) in [5, 5.41) is 0. The molecule has 1 aromatic heterocycles. The number of hydrogen-bond acceptors (Lipinski definition) is 3. The van der Waals surface area contributed by atoms with E-state index in [4.69, 9.17) is 0 Å². The molecule has 0 unspecified atom stereocenters. The molecule has 0 amide bonds. The predicted molar refractivity (Wildman–Crippen MR) is 51.3 cm³/mol. The Labute approximate surface area is 80.0 Å². The van der Waals surface area contributed by atoms with Gasteiger partial charge < -0.3 is 4.90 Å². The third-order valence-corrected chi connectivity index (χ3v) is 2.82. The first-order valence-corrected chi connectivity index (χ1v) is 4.81. The van der Waals surface area contributed by atoms with Gasteiger partial charge in [-0.05, 0) is 29.3 Å². The number of anilines is 1. The number of aryl methyl sites for hydroxylation is 1. The molecule has 1 saturated heterocycles. The highest BCUT2D eigenvalue weighted by atomic mass is 79.9. The van der Waals surface area contributed by atoms with Crippen LogP contribution in [0.5, 0.6) is 0 Å². The predicted octanol–water partition coefficient (Wildman–Crippen LogP) is 1.76. The smallest absolute Gasteiger partial charge is 0.225 e. The van der Waals surface area contributed by atoms with Crippen molar-refractivity contribution in [3.8, 4) is 0 Å². The van der Waals surface area contributed by atoms with E-state index >= 15 is 0 Å². The summed E-state index contributed by atoms with van der Waals surface area (Å²) in [6.45, 7) is 4.18. The van der Waals surface area contributed by atoms with Crippen LogP contribution < -0.4 is 4.90 Å². The molecule has 0 saturated carbocycles. The van der Waals surface area contributed by atoms with E-state index in [0.29, 0.717) is 0 Å². The third kappa shape index (κ3) is 1.31. The summed E-state index contributed by atoms with van der Waals surface area (Å²) in [5.74, 6) is 0.863. The second-order valence-corrected chi connectivity index (χ2v) is 3.80. The number of nitrogens with zero attached hydrogens (tertiary/aromatic N) is 3. The molecule has 0 aliphatic carbocycles. The van der Waals surface area contributed by atoms with Crippen molar-refractivity contribution in [3.05, 3.63) is 16.4 Å². The van der Waals surface area contributed by atoms with Crippen LogP contribution in [0.4, 0.5) is 5.95 Å². The zero-order valence-corrected chi connectivity index (χ0v) is 8.50. The third-order valence-electron chi connectivity index (χ3n) is 2.05. The molecular weight excluding hydrogens is 218 g/mol. The Bertz CT molecular complexity index is 296. The summed E-state index contributed by atoms with van der Waals surface area (Å²) in [6.07, 6.45) is 3.08. The second-order valence-electron chi connectivity index (χ2n) is 2.94. The van der Waals surface area contributed by atoms with E-state index in [-0.39, 0.29) is 0 Å². The van der Waals surface area contributed by atoms with Crippen LogP contribution in [0.15, 0.2) is 10.7 Å². The lowest BCUT2D eigenvalue weighted by Crippen LogP contribution is -2.38. The summed E-state index contributed by atoms with van der Waals surface area (Å²) < 4.78 is 0.978. The molecule has 64 valence electrons. The molecule has 0 radical (unpaired) electrons. The fourth-order valence-corrected chi connectivity index (χ4v) is 1.30. The Hall–Kier alpha value is -0.640. The van der Waals surface area contributed by atoms with Crippen LogP contribution in [0.25, 0.3) is 0 Å². The van der Waals surface area contributed by atoms with E-state index in [1.54, 1.807) is 0 Å². The molecule has 1 aromatic rings. The van der Waals surface area contributed by atoms with Crippen LogP contribution in [0.1, 0.15) is 12.1 Å². The van der Waals surface area contributed by atoms with Gasteiger partial charge in [0.1, 0.15) is 0 Å². The molecule has 0 atom stereocenters. The van der Waals surface area contributed by atoms with Gasteiger partial charge in [0.15, 0.2) is 0 Å². The number of hydrogen-bond donors (Lipinski definition) is 0. The first-order chi connectivity index (χ1) is 5.77. The maximum Gasteiger partial charge on any atom is 0.225 e. The van der Waals surface area contributed by atoms with E-state index in [2.05, 4.69) is 30.8 Å². The summed E-state index contributed by atoms with van der Waals surface area (Å²) in [5.41, 5.74) is 1.01. The van der Waals surface area contributed by atoms with Crippen LogP contribution in [-0.4, -0.2) is 23.1 Å². The highest BCUT2D eigenvalue weighted by Crippen LogP contribution is 2.19.